The number of benzene rings is 1. The molecule has 0 aliphatic rings. The highest BCUT2D eigenvalue weighted by atomic mass is 28.4. The van der Waals surface area contributed by atoms with Gasteiger partial charge in [-0.05, 0) is 12.0 Å². The zero-order valence-corrected chi connectivity index (χ0v) is 13.5. The first-order chi connectivity index (χ1) is 9.62. The summed E-state index contributed by atoms with van der Waals surface area (Å²) in [5.74, 6) is 0.119. The first-order valence-electron chi connectivity index (χ1n) is 6.71. The van der Waals surface area contributed by atoms with E-state index in [1.54, 1.807) is 21.3 Å². The summed E-state index contributed by atoms with van der Waals surface area (Å²) in [6.07, 6.45) is 2.66. The maximum absolute atomic E-state index is 6.32. The van der Waals surface area contributed by atoms with Gasteiger partial charge in [-0.2, -0.15) is 0 Å². The Morgan fingerprint density at radius 3 is 2.15 bits per heavy atom. The molecule has 112 valence electrons. The van der Waals surface area contributed by atoms with Crippen molar-refractivity contribution < 1.29 is 13.3 Å². The third-order valence-corrected chi connectivity index (χ3v) is 6.38. The maximum atomic E-state index is 6.32. The first-order valence-corrected chi connectivity index (χ1v) is 8.64. The molecule has 2 unspecified atom stereocenters. The summed E-state index contributed by atoms with van der Waals surface area (Å²) >= 11 is 0. The Hall–Kier alpha value is -0.983. The third-order valence-electron chi connectivity index (χ3n) is 3.62. The summed E-state index contributed by atoms with van der Waals surface area (Å²) in [4.78, 5) is 0. The van der Waals surface area contributed by atoms with Crippen LogP contribution in [0.25, 0.3) is 0 Å². The van der Waals surface area contributed by atoms with Crippen LogP contribution in [0.4, 0.5) is 0 Å². The predicted molar refractivity (Wildman–Crippen MR) is 83.6 cm³/mol. The normalized spacial score (nSPS) is 14.8. The summed E-state index contributed by atoms with van der Waals surface area (Å²) in [7, 11) is 2.30. The van der Waals surface area contributed by atoms with Gasteiger partial charge in [-0.3, -0.25) is 0 Å². The minimum atomic E-state index is -2.55. The largest absolute Gasteiger partial charge is 0.500 e. The average Bonchev–Trinajstić information content (AvgIpc) is 2.51. The van der Waals surface area contributed by atoms with Gasteiger partial charge in [-0.15, -0.1) is 6.58 Å². The monoisotopic (exact) mass is 295 g/mol. The Morgan fingerprint density at radius 2 is 1.70 bits per heavy atom. The lowest BCUT2D eigenvalue weighted by molar-refractivity contribution is 0.122. The smallest absolute Gasteiger partial charge is 0.377 e. The summed E-state index contributed by atoms with van der Waals surface area (Å²) in [6.45, 7) is 3.90. The molecule has 20 heavy (non-hydrogen) atoms. The minimum Gasteiger partial charge on any atom is -0.377 e. The molecule has 0 aliphatic carbocycles. The van der Waals surface area contributed by atoms with Gasteiger partial charge in [0, 0.05) is 39.3 Å². The quantitative estimate of drug-likeness (QED) is 0.562. The van der Waals surface area contributed by atoms with Crippen LogP contribution in [-0.4, -0.2) is 36.2 Å². The SMILES string of the molecule is C=CC(c1ccccc1)C(N)CC[Si](OC)(OC)OC. The van der Waals surface area contributed by atoms with Crippen LogP contribution >= 0.6 is 0 Å². The summed E-state index contributed by atoms with van der Waals surface area (Å²) in [5, 5.41) is 0. The van der Waals surface area contributed by atoms with Gasteiger partial charge in [-0.1, -0.05) is 36.4 Å². The molecule has 0 amide bonds. The molecular weight excluding hydrogens is 270 g/mol. The Bertz CT molecular complexity index is 387. The van der Waals surface area contributed by atoms with Crippen LogP contribution in [0.1, 0.15) is 17.9 Å². The second kappa shape index (κ2) is 8.34. The van der Waals surface area contributed by atoms with Gasteiger partial charge < -0.3 is 19.0 Å². The lowest BCUT2D eigenvalue weighted by atomic mass is 9.91. The van der Waals surface area contributed by atoms with Crippen molar-refractivity contribution in [2.75, 3.05) is 21.3 Å². The van der Waals surface area contributed by atoms with E-state index in [0.29, 0.717) is 6.04 Å². The van der Waals surface area contributed by atoms with E-state index in [4.69, 9.17) is 19.0 Å². The fourth-order valence-electron chi connectivity index (χ4n) is 2.31. The van der Waals surface area contributed by atoms with Crippen LogP contribution in [0, 0.1) is 0 Å². The topological polar surface area (TPSA) is 53.7 Å². The van der Waals surface area contributed by atoms with E-state index in [2.05, 4.69) is 18.7 Å². The van der Waals surface area contributed by atoms with E-state index in [-0.39, 0.29) is 12.0 Å². The number of rotatable bonds is 9. The standard InChI is InChI=1S/C15H25NO3Si/c1-5-14(13-9-7-6-8-10-13)15(16)11-12-20(17-2,18-3)19-4/h5-10,14-15H,1,11-12,16H2,2-4H3. The maximum Gasteiger partial charge on any atom is 0.500 e. The number of hydrogen-bond acceptors (Lipinski definition) is 4. The second-order valence-electron chi connectivity index (χ2n) is 4.67. The van der Waals surface area contributed by atoms with Crippen molar-refractivity contribution in [3.05, 3.63) is 48.6 Å². The zero-order chi connectivity index (χ0) is 15.0. The fourth-order valence-corrected chi connectivity index (χ4v) is 4.11. The molecule has 0 spiro atoms. The Morgan fingerprint density at radius 1 is 1.15 bits per heavy atom. The fraction of sp³-hybridized carbons (Fsp3) is 0.467. The average molecular weight is 295 g/mol. The third kappa shape index (κ3) is 4.26. The number of nitrogens with two attached hydrogens (primary N) is 1. The molecule has 0 saturated heterocycles. The Labute approximate surface area is 122 Å². The molecular formula is C15H25NO3Si. The molecule has 1 rings (SSSR count). The highest BCUT2D eigenvalue weighted by Crippen LogP contribution is 2.25. The molecule has 0 saturated carbocycles. The highest BCUT2D eigenvalue weighted by molar-refractivity contribution is 6.60. The van der Waals surface area contributed by atoms with Crippen molar-refractivity contribution in [2.45, 2.75) is 24.4 Å². The van der Waals surface area contributed by atoms with Crippen LogP contribution in [-0.2, 0) is 13.3 Å². The summed E-state index contributed by atoms with van der Waals surface area (Å²) < 4.78 is 16.3. The van der Waals surface area contributed by atoms with Crippen molar-refractivity contribution in [2.24, 2.45) is 5.73 Å². The van der Waals surface area contributed by atoms with E-state index in [1.807, 2.05) is 24.3 Å². The molecule has 2 N–H and O–H groups in total. The van der Waals surface area contributed by atoms with Crippen molar-refractivity contribution in [3.63, 3.8) is 0 Å². The molecule has 0 aromatic heterocycles. The van der Waals surface area contributed by atoms with Crippen molar-refractivity contribution >= 4 is 8.80 Å². The van der Waals surface area contributed by atoms with Gasteiger partial charge in [0.15, 0.2) is 0 Å². The van der Waals surface area contributed by atoms with E-state index < -0.39 is 8.80 Å². The zero-order valence-electron chi connectivity index (χ0n) is 12.5. The predicted octanol–water partition coefficient (Wildman–Crippen LogP) is 2.55. The van der Waals surface area contributed by atoms with Crippen LogP contribution in [0.3, 0.4) is 0 Å². The summed E-state index contributed by atoms with van der Waals surface area (Å²) in [5.41, 5.74) is 7.49. The molecule has 0 fully saturated rings. The second-order valence-corrected chi connectivity index (χ2v) is 7.76. The molecule has 1 aromatic rings. The van der Waals surface area contributed by atoms with E-state index in [0.717, 1.165) is 6.42 Å². The van der Waals surface area contributed by atoms with Crippen LogP contribution in [0.15, 0.2) is 43.0 Å². The molecule has 0 aliphatic heterocycles. The van der Waals surface area contributed by atoms with E-state index >= 15 is 0 Å². The van der Waals surface area contributed by atoms with Gasteiger partial charge in [0.05, 0.1) is 0 Å². The van der Waals surface area contributed by atoms with Crippen LogP contribution < -0.4 is 5.73 Å². The first kappa shape index (κ1) is 17.1. The minimum absolute atomic E-state index is 0.0396. The van der Waals surface area contributed by atoms with Gasteiger partial charge in [0.2, 0.25) is 0 Å². The molecule has 2 atom stereocenters. The summed E-state index contributed by atoms with van der Waals surface area (Å²) in [6, 6.07) is 10.8. The molecule has 1 aromatic carbocycles. The molecule has 0 radical (unpaired) electrons. The molecule has 5 heteroatoms. The lowest BCUT2D eigenvalue weighted by Crippen LogP contribution is -2.44. The lowest BCUT2D eigenvalue weighted by Gasteiger charge is -2.27. The van der Waals surface area contributed by atoms with E-state index in [9.17, 15) is 0 Å². The van der Waals surface area contributed by atoms with Crippen LogP contribution in [0.2, 0.25) is 6.04 Å². The molecule has 0 bridgehead atoms. The molecule has 0 heterocycles. The van der Waals surface area contributed by atoms with E-state index in [1.165, 1.54) is 5.56 Å². The van der Waals surface area contributed by atoms with Crippen LogP contribution in [0.5, 0.6) is 0 Å². The van der Waals surface area contributed by atoms with Crippen molar-refractivity contribution in [1.29, 1.82) is 0 Å². The number of hydrogen-bond donors (Lipinski definition) is 1. The van der Waals surface area contributed by atoms with Gasteiger partial charge in [0.1, 0.15) is 0 Å². The van der Waals surface area contributed by atoms with Gasteiger partial charge in [-0.25, -0.2) is 0 Å². The Kier molecular flexibility index (Phi) is 7.11. The van der Waals surface area contributed by atoms with Crippen molar-refractivity contribution in [3.8, 4) is 0 Å². The molecule has 4 nitrogen and oxygen atoms in total. The van der Waals surface area contributed by atoms with Crippen molar-refractivity contribution in [1.82, 2.24) is 0 Å². The highest BCUT2D eigenvalue weighted by Gasteiger charge is 2.38. The van der Waals surface area contributed by atoms with Gasteiger partial charge in [0.25, 0.3) is 0 Å². The van der Waals surface area contributed by atoms with Gasteiger partial charge >= 0.3 is 8.80 Å². The Balaban J connectivity index is 2.69.